The van der Waals surface area contributed by atoms with Gasteiger partial charge in [-0.3, -0.25) is 4.68 Å². The predicted octanol–water partition coefficient (Wildman–Crippen LogP) is 4.61. The monoisotopic (exact) mass is 381 g/mol. The number of methoxy groups -OCH3 is 1. The first kappa shape index (κ1) is 18.1. The normalized spacial score (nSPS) is 19.8. The molecule has 2 heterocycles. The molecule has 4 rings (SSSR count). The maximum atomic E-state index is 6.18. The zero-order valence-electron chi connectivity index (χ0n) is 15.4. The molecule has 2 aromatic carbocycles. The van der Waals surface area contributed by atoms with E-state index in [0.717, 1.165) is 42.9 Å². The summed E-state index contributed by atoms with van der Waals surface area (Å²) >= 11 is 6.18. The molecule has 2 atom stereocenters. The van der Waals surface area contributed by atoms with E-state index in [4.69, 9.17) is 16.3 Å². The van der Waals surface area contributed by atoms with Crippen LogP contribution in [0.15, 0.2) is 60.9 Å². The summed E-state index contributed by atoms with van der Waals surface area (Å²) in [6.45, 7) is 2.96. The van der Waals surface area contributed by atoms with Gasteiger partial charge < -0.3 is 10.1 Å². The molecule has 0 saturated carbocycles. The molecule has 0 spiro atoms. The highest BCUT2D eigenvalue weighted by atomic mass is 35.5. The van der Waals surface area contributed by atoms with E-state index < -0.39 is 0 Å². The summed E-state index contributed by atoms with van der Waals surface area (Å²) in [6, 6.07) is 16.5. The summed E-state index contributed by atoms with van der Waals surface area (Å²) in [5, 5.41) is 8.84. The maximum Gasteiger partial charge on any atom is 0.126 e. The van der Waals surface area contributed by atoms with Crippen molar-refractivity contribution in [1.82, 2.24) is 15.1 Å². The zero-order valence-corrected chi connectivity index (χ0v) is 16.2. The standard InChI is InChI=1S/C22H24ClN3O/c1-27-22-8-7-19(23)11-21(22)18-13-25-26(15-18)14-17-12-24-10-9-20(17)16-5-3-2-4-6-16/h2-8,11,13,15,17,20,24H,9-10,12,14H2,1H3/t17-,20-/m1/s1. The van der Waals surface area contributed by atoms with Crippen molar-refractivity contribution in [1.29, 1.82) is 0 Å². The Balaban J connectivity index is 1.56. The average molecular weight is 382 g/mol. The summed E-state index contributed by atoms with van der Waals surface area (Å²) in [5.74, 6) is 1.87. The van der Waals surface area contributed by atoms with E-state index in [9.17, 15) is 0 Å². The van der Waals surface area contributed by atoms with Gasteiger partial charge in [-0.1, -0.05) is 41.9 Å². The second-order valence-electron chi connectivity index (χ2n) is 7.07. The second-order valence-corrected chi connectivity index (χ2v) is 7.50. The minimum absolute atomic E-state index is 0.509. The quantitative estimate of drug-likeness (QED) is 0.701. The third-order valence-electron chi connectivity index (χ3n) is 5.36. The highest BCUT2D eigenvalue weighted by Crippen LogP contribution is 2.34. The topological polar surface area (TPSA) is 39.1 Å². The average Bonchev–Trinajstić information content (AvgIpc) is 3.17. The molecule has 4 nitrogen and oxygen atoms in total. The summed E-state index contributed by atoms with van der Waals surface area (Å²) in [7, 11) is 1.68. The number of piperidine rings is 1. The van der Waals surface area contributed by atoms with E-state index in [1.807, 2.05) is 29.1 Å². The van der Waals surface area contributed by atoms with Gasteiger partial charge in [0.1, 0.15) is 5.75 Å². The Morgan fingerprint density at radius 3 is 2.89 bits per heavy atom. The Kier molecular flexibility index (Phi) is 5.46. The van der Waals surface area contributed by atoms with Crippen LogP contribution in [0.25, 0.3) is 11.1 Å². The number of benzene rings is 2. The van der Waals surface area contributed by atoms with E-state index >= 15 is 0 Å². The SMILES string of the molecule is COc1ccc(Cl)cc1-c1cnn(C[C@H]2CNCC[C@@H]2c2ccccc2)c1. The van der Waals surface area contributed by atoms with Gasteiger partial charge in [0, 0.05) is 35.4 Å². The van der Waals surface area contributed by atoms with Crippen molar-refractivity contribution in [2.75, 3.05) is 20.2 Å². The Morgan fingerprint density at radius 2 is 2.07 bits per heavy atom. The van der Waals surface area contributed by atoms with Gasteiger partial charge in [-0.05, 0) is 48.6 Å². The molecule has 1 aliphatic heterocycles. The highest BCUT2D eigenvalue weighted by Gasteiger charge is 2.27. The van der Waals surface area contributed by atoms with E-state index in [0.29, 0.717) is 16.9 Å². The van der Waals surface area contributed by atoms with Crippen molar-refractivity contribution in [3.05, 3.63) is 71.5 Å². The highest BCUT2D eigenvalue weighted by molar-refractivity contribution is 6.31. The van der Waals surface area contributed by atoms with E-state index in [1.54, 1.807) is 7.11 Å². The zero-order chi connectivity index (χ0) is 18.6. The molecule has 3 aromatic rings. The van der Waals surface area contributed by atoms with Crippen molar-refractivity contribution < 1.29 is 4.74 Å². The summed E-state index contributed by atoms with van der Waals surface area (Å²) in [4.78, 5) is 0. The minimum atomic E-state index is 0.509. The Morgan fingerprint density at radius 1 is 1.22 bits per heavy atom. The molecule has 0 unspecified atom stereocenters. The van der Waals surface area contributed by atoms with Gasteiger partial charge in [0.25, 0.3) is 0 Å². The molecule has 1 aromatic heterocycles. The first-order valence-corrected chi connectivity index (χ1v) is 9.74. The van der Waals surface area contributed by atoms with Crippen LogP contribution in [0.2, 0.25) is 5.02 Å². The molecule has 1 N–H and O–H groups in total. The van der Waals surface area contributed by atoms with Crippen molar-refractivity contribution in [2.24, 2.45) is 5.92 Å². The lowest BCUT2D eigenvalue weighted by atomic mass is 9.81. The number of hydrogen-bond acceptors (Lipinski definition) is 3. The van der Waals surface area contributed by atoms with Gasteiger partial charge in [-0.15, -0.1) is 0 Å². The molecule has 140 valence electrons. The fourth-order valence-electron chi connectivity index (χ4n) is 4.00. The lowest BCUT2D eigenvalue weighted by Gasteiger charge is -2.32. The van der Waals surface area contributed by atoms with Crippen LogP contribution in [-0.4, -0.2) is 30.0 Å². The smallest absolute Gasteiger partial charge is 0.126 e. The number of hydrogen-bond donors (Lipinski definition) is 1. The molecule has 0 aliphatic carbocycles. The number of halogens is 1. The molecule has 1 fully saturated rings. The van der Waals surface area contributed by atoms with E-state index in [1.165, 1.54) is 5.56 Å². The van der Waals surface area contributed by atoms with Crippen LogP contribution in [0.5, 0.6) is 5.75 Å². The Labute approximate surface area is 165 Å². The molecule has 1 saturated heterocycles. The van der Waals surface area contributed by atoms with Crippen LogP contribution in [0.4, 0.5) is 0 Å². The molecule has 0 amide bonds. The van der Waals surface area contributed by atoms with Gasteiger partial charge in [-0.25, -0.2) is 0 Å². The Bertz CT molecular complexity index is 894. The van der Waals surface area contributed by atoms with Gasteiger partial charge in [0.15, 0.2) is 0 Å². The van der Waals surface area contributed by atoms with Crippen molar-refractivity contribution in [2.45, 2.75) is 18.9 Å². The third-order valence-corrected chi connectivity index (χ3v) is 5.60. The molecule has 1 aliphatic rings. The van der Waals surface area contributed by atoms with Crippen LogP contribution < -0.4 is 10.1 Å². The molecule has 5 heteroatoms. The number of rotatable bonds is 5. The fraction of sp³-hybridized carbons (Fsp3) is 0.318. The fourth-order valence-corrected chi connectivity index (χ4v) is 4.17. The van der Waals surface area contributed by atoms with Crippen molar-refractivity contribution in [3.63, 3.8) is 0 Å². The molecule has 27 heavy (non-hydrogen) atoms. The minimum Gasteiger partial charge on any atom is -0.496 e. The van der Waals surface area contributed by atoms with Gasteiger partial charge in [0.05, 0.1) is 13.3 Å². The molecule has 0 bridgehead atoms. The number of ether oxygens (including phenoxy) is 1. The molecule has 0 radical (unpaired) electrons. The summed E-state index contributed by atoms with van der Waals surface area (Å²) < 4.78 is 7.53. The lowest BCUT2D eigenvalue weighted by Crippen LogP contribution is -2.37. The van der Waals surface area contributed by atoms with E-state index in [-0.39, 0.29) is 0 Å². The largest absolute Gasteiger partial charge is 0.496 e. The number of nitrogens with one attached hydrogen (secondary N) is 1. The van der Waals surface area contributed by atoms with Crippen LogP contribution in [-0.2, 0) is 6.54 Å². The van der Waals surface area contributed by atoms with Crippen LogP contribution in [0.1, 0.15) is 17.9 Å². The van der Waals surface area contributed by atoms with Gasteiger partial charge in [0.2, 0.25) is 0 Å². The first-order valence-electron chi connectivity index (χ1n) is 9.36. The van der Waals surface area contributed by atoms with E-state index in [2.05, 4.69) is 46.9 Å². The predicted molar refractivity (Wildman–Crippen MR) is 109 cm³/mol. The molecular formula is C22H24ClN3O. The van der Waals surface area contributed by atoms with Gasteiger partial charge >= 0.3 is 0 Å². The first-order chi connectivity index (χ1) is 13.2. The second kappa shape index (κ2) is 8.15. The lowest BCUT2D eigenvalue weighted by molar-refractivity contribution is 0.282. The number of aromatic nitrogens is 2. The summed E-state index contributed by atoms with van der Waals surface area (Å²) in [5.41, 5.74) is 3.42. The molecular weight excluding hydrogens is 358 g/mol. The third kappa shape index (κ3) is 4.02. The number of nitrogens with zero attached hydrogens (tertiary/aromatic N) is 2. The van der Waals surface area contributed by atoms with Crippen LogP contribution in [0, 0.1) is 5.92 Å². The van der Waals surface area contributed by atoms with Crippen LogP contribution in [0.3, 0.4) is 0 Å². The van der Waals surface area contributed by atoms with Gasteiger partial charge in [-0.2, -0.15) is 5.10 Å². The van der Waals surface area contributed by atoms with Crippen molar-refractivity contribution >= 4 is 11.6 Å². The Hall–Kier alpha value is -2.30. The van der Waals surface area contributed by atoms with Crippen LogP contribution >= 0.6 is 11.6 Å². The maximum absolute atomic E-state index is 6.18. The summed E-state index contributed by atoms with van der Waals surface area (Å²) in [6.07, 6.45) is 5.14. The van der Waals surface area contributed by atoms with Crippen molar-refractivity contribution in [3.8, 4) is 16.9 Å².